The number of carboxylic acid groups (broad SMARTS) is 2. The van der Waals surface area contributed by atoms with Gasteiger partial charge in [-0.15, -0.1) is 0 Å². The number of urea groups is 1. The summed E-state index contributed by atoms with van der Waals surface area (Å²) in [7, 11) is 0. The molecule has 1 aliphatic heterocycles. The topological polar surface area (TPSA) is 186 Å². The Morgan fingerprint density at radius 1 is 1.32 bits per heavy atom. The van der Waals surface area contributed by atoms with Gasteiger partial charge < -0.3 is 26.6 Å². The van der Waals surface area contributed by atoms with Gasteiger partial charge in [0.15, 0.2) is 5.96 Å². The van der Waals surface area contributed by atoms with Gasteiger partial charge in [-0.3, -0.25) is 19.9 Å². The quantitative estimate of drug-likeness (QED) is 0.147. The van der Waals surface area contributed by atoms with E-state index in [-0.39, 0.29) is 5.96 Å². The molecule has 0 aliphatic carbocycles. The van der Waals surface area contributed by atoms with E-state index in [1.807, 2.05) is 0 Å². The molecule has 0 spiro atoms. The van der Waals surface area contributed by atoms with Crippen LogP contribution >= 0.6 is 0 Å². The monoisotopic (exact) mass is 371 g/mol. The molecule has 14 heteroatoms. The highest BCUT2D eigenvalue weighted by Gasteiger charge is 2.39. The fourth-order valence-electron chi connectivity index (χ4n) is 1.59. The van der Waals surface area contributed by atoms with Gasteiger partial charge in [0.25, 0.3) is 5.91 Å². The van der Waals surface area contributed by atoms with Crippen molar-refractivity contribution in [3.05, 3.63) is 0 Å². The van der Waals surface area contributed by atoms with Crippen LogP contribution in [0.15, 0.2) is 0 Å². The Hall–Kier alpha value is -3.06. The van der Waals surface area contributed by atoms with Crippen LogP contribution in [0.5, 0.6) is 0 Å². The average Bonchev–Trinajstić information content (AvgIpc) is 2.70. The average molecular weight is 371 g/mol. The number of nitrogens with zero attached hydrogens (tertiary/aromatic N) is 1. The van der Waals surface area contributed by atoms with Gasteiger partial charge >= 0.3 is 24.1 Å². The van der Waals surface area contributed by atoms with E-state index in [1.54, 1.807) is 0 Å². The second kappa shape index (κ2) is 9.29. The zero-order valence-electron chi connectivity index (χ0n) is 12.6. The highest BCUT2D eigenvalue weighted by Crippen LogP contribution is 2.13. The van der Waals surface area contributed by atoms with Crippen molar-refractivity contribution < 1.29 is 42.6 Å². The van der Waals surface area contributed by atoms with Crippen molar-refractivity contribution in [2.75, 3.05) is 13.1 Å². The van der Waals surface area contributed by atoms with E-state index >= 15 is 0 Å². The van der Waals surface area contributed by atoms with E-state index < -0.39 is 42.6 Å². The van der Waals surface area contributed by atoms with E-state index in [2.05, 4.69) is 10.6 Å². The lowest BCUT2D eigenvalue weighted by Crippen LogP contribution is -2.36. The maximum absolute atomic E-state index is 11.7. The first-order valence-corrected chi connectivity index (χ1v) is 6.58. The van der Waals surface area contributed by atoms with E-state index in [1.165, 1.54) is 0 Å². The minimum atomic E-state index is -5.08. The first-order chi connectivity index (χ1) is 11.4. The highest BCUT2D eigenvalue weighted by molar-refractivity contribution is 6.05. The maximum atomic E-state index is 11.7. The smallest absolute Gasteiger partial charge is 0.480 e. The number of halogens is 3. The molecule has 0 aromatic carbocycles. The number of nitrogens with one attached hydrogen (secondary N) is 3. The van der Waals surface area contributed by atoms with Gasteiger partial charge in [0.2, 0.25) is 0 Å². The molecule has 1 rings (SSSR count). The third-order valence-electron chi connectivity index (χ3n) is 2.63. The molecule has 0 aromatic rings. The van der Waals surface area contributed by atoms with E-state index in [0.29, 0.717) is 24.3 Å². The van der Waals surface area contributed by atoms with Crippen molar-refractivity contribution in [3.63, 3.8) is 0 Å². The maximum Gasteiger partial charge on any atom is 0.490 e. The normalized spacial score (nSPS) is 16.6. The molecule has 1 fully saturated rings. The summed E-state index contributed by atoms with van der Waals surface area (Å²) in [6.07, 6.45) is -4.20. The molecule has 7 N–H and O–H groups in total. The van der Waals surface area contributed by atoms with E-state index in [9.17, 15) is 27.6 Å². The van der Waals surface area contributed by atoms with Crippen molar-refractivity contribution >= 4 is 29.8 Å². The van der Waals surface area contributed by atoms with Crippen LogP contribution in [0.1, 0.15) is 12.8 Å². The third kappa shape index (κ3) is 8.38. The van der Waals surface area contributed by atoms with Crippen molar-refractivity contribution in [3.8, 4) is 0 Å². The largest absolute Gasteiger partial charge is 0.490 e. The molecule has 0 saturated carbocycles. The predicted octanol–water partition coefficient (Wildman–Crippen LogP) is -1.11. The van der Waals surface area contributed by atoms with Crippen LogP contribution in [0.4, 0.5) is 18.0 Å². The van der Waals surface area contributed by atoms with Crippen LogP contribution < -0.4 is 16.4 Å². The molecule has 3 amide bonds. The van der Waals surface area contributed by atoms with Crippen molar-refractivity contribution in [2.45, 2.75) is 25.1 Å². The number of hydrogen-bond donors (Lipinski definition) is 6. The minimum absolute atomic E-state index is 0.163. The molecule has 1 aliphatic rings. The van der Waals surface area contributed by atoms with Crippen molar-refractivity contribution in [1.82, 2.24) is 15.5 Å². The molecule has 11 nitrogen and oxygen atoms in total. The Bertz CT molecular complexity index is 553. The van der Waals surface area contributed by atoms with Gasteiger partial charge in [-0.2, -0.15) is 13.2 Å². The number of nitrogens with two attached hydrogens (primary N) is 1. The third-order valence-corrected chi connectivity index (χ3v) is 2.63. The van der Waals surface area contributed by atoms with Gasteiger partial charge in [-0.25, -0.2) is 9.59 Å². The van der Waals surface area contributed by atoms with Gasteiger partial charge in [0.1, 0.15) is 12.6 Å². The summed E-state index contributed by atoms with van der Waals surface area (Å²) in [4.78, 5) is 43.0. The summed E-state index contributed by atoms with van der Waals surface area (Å²) >= 11 is 0. The number of rotatable bonds is 6. The van der Waals surface area contributed by atoms with Gasteiger partial charge in [0, 0.05) is 6.54 Å². The fourth-order valence-corrected chi connectivity index (χ4v) is 1.59. The first kappa shape index (κ1) is 21.9. The molecular weight excluding hydrogens is 355 g/mol. The van der Waals surface area contributed by atoms with Gasteiger partial charge in [-0.05, 0) is 12.8 Å². The highest BCUT2D eigenvalue weighted by atomic mass is 19.4. The summed E-state index contributed by atoms with van der Waals surface area (Å²) in [5.74, 6) is -4.69. The molecule has 25 heavy (non-hydrogen) atoms. The Balaban J connectivity index is 0.000000697. The summed E-state index contributed by atoms with van der Waals surface area (Å²) in [5.41, 5.74) is 5.07. The Labute approximate surface area is 138 Å². The lowest BCUT2D eigenvalue weighted by atomic mass is 10.1. The molecule has 142 valence electrons. The van der Waals surface area contributed by atoms with Crippen molar-refractivity contribution in [2.24, 2.45) is 5.73 Å². The number of alkyl halides is 3. The molecular formula is C11H16F3N5O6. The van der Waals surface area contributed by atoms with E-state index in [0.717, 1.165) is 0 Å². The van der Waals surface area contributed by atoms with Crippen molar-refractivity contribution in [1.29, 1.82) is 5.41 Å². The number of carbonyl (C=O) groups is 4. The molecule has 1 atom stereocenters. The van der Waals surface area contributed by atoms with Crippen LogP contribution in [-0.2, 0) is 14.4 Å². The molecule has 0 aromatic heterocycles. The Kier molecular flexibility index (Phi) is 8.15. The Morgan fingerprint density at radius 2 is 1.84 bits per heavy atom. The summed E-state index contributed by atoms with van der Waals surface area (Å²) in [6.45, 7) is -0.221. The van der Waals surface area contributed by atoms with Crippen LogP contribution in [0.25, 0.3) is 0 Å². The number of guanidine groups is 1. The summed E-state index contributed by atoms with van der Waals surface area (Å²) in [5, 5.41) is 27.6. The second-order valence-corrected chi connectivity index (χ2v) is 4.61. The van der Waals surface area contributed by atoms with E-state index in [4.69, 9.17) is 26.2 Å². The standard InChI is InChI=1S/C9H15N5O4.C2HF3O2/c10-8(11)12-3-1-2-5-7(17)14(4-6(15)16)9(18)13-5;3-2(4,5)1(6)7/h5H,1-4H2,(H,13,18)(H,15,16)(H4,10,11,12);(H,6,7)/t5-;/m0./s1. The molecule has 1 heterocycles. The molecule has 0 radical (unpaired) electrons. The molecule has 0 unspecified atom stereocenters. The fraction of sp³-hybridized carbons (Fsp3) is 0.545. The van der Waals surface area contributed by atoms with Crippen LogP contribution in [0.3, 0.4) is 0 Å². The number of aliphatic carboxylic acids is 2. The Morgan fingerprint density at radius 3 is 2.24 bits per heavy atom. The minimum Gasteiger partial charge on any atom is -0.480 e. The first-order valence-electron chi connectivity index (χ1n) is 6.58. The number of imide groups is 1. The number of carbonyl (C=O) groups excluding carboxylic acids is 2. The number of carboxylic acids is 2. The van der Waals surface area contributed by atoms with Crippen LogP contribution in [0, 0.1) is 5.41 Å². The second-order valence-electron chi connectivity index (χ2n) is 4.61. The molecule has 0 bridgehead atoms. The SMILES string of the molecule is N=C(N)NCCC[C@@H]1NC(=O)N(CC(=O)O)C1=O.O=C(O)C(F)(F)F. The van der Waals surface area contributed by atoms with Gasteiger partial charge in [0.05, 0.1) is 0 Å². The summed E-state index contributed by atoms with van der Waals surface area (Å²) < 4.78 is 31.7. The number of hydrogen-bond acceptors (Lipinski definition) is 5. The zero-order valence-corrected chi connectivity index (χ0v) is 12.6. The van der Waals surface area contributed by atoms with Crippen LogP contribution in [-0.4, -0.2) is 70.3 Å². The van der Waals surface area contributed by atoms with Crippen LogP contribution in [0.2, 0.25) is 0 Å². The number of amides is 3. The lowest BCUT2D eigenvalue weighted by molar-refractivity contribution is -0.192. The summed E-state index contributed by atoms with van der Waals surface area (Å²) in [6, 6.07) is -1.39. The molecule has 1 saturated heterocycles. The zero-order chi connectivity index (χ0) is 19.8. The predicted molar refractivity (Wildman–Crippen MR) is 74.5 cm³/mol. The van der Waals surface area contributed by atoms with Gasteiger partial charge in [-0.1, -0.05) is 0 Å². The lowest BCUT2D eigenvalue weighted by Gasteiger charge is -2.10.